The van der Waals surface area contributed by atoms with Crippen molar-refractivity contribution in [3.8, 4) is 5.69 Å². The van der Waals surface area contributed by atoms with Crippen LogP contribution in [0.2, 0.25) is 0 Å². The van der Waals surface area contributed by atoms with Gasteiger partial charge in [0.15, 0.2) is 0 Å². The molecule has 15 heavy (non-hydrogen) atoms. The average molecular weight is 202 g/mol. The Morgan fingerprint density at radius 2 is 2.27 bits per heavy atom. The number of rotatable bonds is 3. The number of nitrogens with one attached hydrogen (secondary N) is 1. The Morgan fingerprint density at radius 3 is 2.93 bits per heavy atom. The molecule has 78 valence electrons. The molecule has 4 heteroatoms. The Labute approximate surface area is 89.0 Å². The summed E-state index contributed by atoms with van der Waals surface area (Å²) in [7, 11) is 1.93. The summed E-state index contributed by atoms with van der Waals surface area (Å²) in [5, 5.41) is 3.11. The smallest absolute Gasteiger partial charge is 0.110 e. The number of hydrogen-bond acceptors (Lipinski definition) is 3. The van der Waals surface area contributed by atoms with Crippen molar-refractivity contribution in [2.45, 2.75) is 13.5 Å². The van der Waals surface area contributed by atoms with Crippen LogP contribution in [0.4, 0.5) is 0 Å². The third-order valence-electron chi connectivity index (χ3n) is 2.27. The van der Waals surface area contributed by atoms with E-state index in [1.165, 1.54) is 5.56 Å². The van der Waals surface area contributed by atoms with Gasteiger partial charge in [-0.15, -0.1) is 0 Å². The van der Waals surface area contributed by atoms with Gasteiger partial charge in [-0.3, -0.25) is 4.98 Å². The highest BCUT2D eigenvalue weighted by Crippen LogP contribution is 2.10. The van der Waals surface area contributed by atoms with Crippen LogP contribution in [0, 0.1) is 6.92 Å². The molecule has 0 saturated carbocycles. The van der Waals surface area contributed by atoms with Crippen LogP contribution in [-0.2, 0) is 6.54 Å². The zero-order valence-electron chi connectivity index (χ0n) is 8.94. The van der Waals surface area contributed by atoms with Crippen LogP contribution in [-0.4, -0.2) is 21.6 Å². The van der Waals surface area contributed by atoms with E-state index >= 15 is 0 Å². The van der Waals surface area contributed by atoms with Crippen LogP contribution in [0.3, 0.4) is 0 Å². The Bertz CT molecular complexity index is 447. The summed E-state index contributed by atoms with van der Waals surface area (Å²) in [6.07, 6.45) is 7.44. The van der Waals surface area contributed by atoms with Crippen molar-refractivity contribution in [1.29, 1.82) is 0 Å². The van der Waals surface area contributed by atoms with Gasteiger partial charge < -0.3 is 9.88 Å². The van der Waals surface area contributed by atoms with E-state index < -0.39 is 0 Å². The lowest BCUT2D eigenvalue weighted by Crippen LogP contribution is -2.06. The molecule has 0 fully saturated rings. The summed E-state index contributed by atoms with van der Waals surface area (Å²) in [5.41, 5.74) is 2.22. The molecule has 0 spiro atoms. The summed E-state index contributed by atoms with van der Waals surface area (Å²) < 4.78 is 2.02. The van der Waals surface area contributed by atoms with Gasteiger partial charge in [-0.05, 0) is 25.6 Å². The van der Waals surface area contributed by atoms with Crippen molar-refractivity contribution in [2.24, 2.45) is 0 Å². The molecule has 0 aromatic carbocycles. The summed E-state index contributed by atoms with van der Waals surface area (Å²) in [4.78, 5) is 8.40. The molecule has 1 N–H and O–H groups in total. The van der Waals surface area contributed by atoms with E-state index in [1.807, 2.05) is 37.1 Å². The first-order valence-electron chi connectivity index (χ1n) is 4.90. The zero-order valence-corrected chi connectivity index (χ0v) is 8.94. The van der Waals surface area contributed by atoms with Crippen LogP contribution in [0.25, 0.3) is 5.69 Å². The molecule has 0 aliphatic heterocycles. The summed E-state index contributed by atoms with van der Waals surface area (Å²) in [6.45, 7) is 2.80. The van der Waals surface area contributed by atoms with Gasteiger partial charge in [0.2, 0.25) is 0 Å². The number of nitrogens with zero attached hydrogens (tertiary/aromatic N) is 3. The van der Waals surface area contributed by atoms with Crippen LogP contribution in [0.5, 0.6) is 0 Å². The minimum absolute atomic E-state index is 0.828. The summed E-state index contributed by atoms with van der Waals surface area (Å²) >= 11 is 0. The molecule has 0 aliphatic carbocycles. The molecular formula is C11H14N4. The maximum Gasteiger partial charge on any atom is 0.110 e. The zero-order chi connectivity index (χ0) is 10.7. The molecule has 0 unspecified atom stereocenters. The van der Waals surface area contributed by atoms with Gasteiger partial charge in [0.05, 0.1) is 11.9 Å². The van der Waals surface area contributed by atoms with Gasteiger partial charge in [0.25, 0.3) is 0 Å². The number of pyridine rings is 1. The lowest BCUT2D eigenvalue weighted by atomic mass is 10.2. The van der Waals surface area contributed by atoms with Gasteiger partial charge in [-0.2, -0.15) is 0 Å². The SMILES string of the molecule is CNCc1cncc(-n2ccnc2C)c1. The van der Waals surface area contributed by atoms with E-state index in [-0.39, 0.29) is 0 Å². The van der Waals surface area contributed by atoms with Crippen LogP contribution < -0.4 is 5.32 Å². The predicted molar refractivity (Wildman–Crippen MR) is 58.9 cm³/mol. The first-order valence-corrected chi connectivity index (χ1v) is 4.90. The normalized spacial score (nSPS) is 10.5. The van der Waals surface area contributed by atoms with E-state index in [0.29, 0.717) is 0 Å². The van der Waals surface area contributed by atoms with Crippen molar-refractivity contribution in [3.63, 3.8) is 0 Å². The van der Waals surface area contributed by atoms with Crippen molar-refractivity contribution in [2.75, 3.05) is 7.05 Å². The van der Waals surface area contributed by atoms with E-state index in [9.17, 15) is 0 Å². The molecule has 2 aromatic rings. The Morgan fingerprint density at radius 1 is 1.40 bits per heavy atom. The monoisotopic (exact) mass is 202 g/mol. The summed E-state index contributed by atoms with van der Waals surface area (Å²) in [5.74, 6) is 0.971. The van der Waals surface area contributed by atoms with Crippen molar-refractivity contribution in [1.82, 2.24) is 19.9 Å². The highest BCUT2D eigenvalue weighted by Gasteiger charge is 2.01. The van der Waals surface area contributed by atoms with E-state index in [2.05, 4.69) is 21.4 Å². The fourth-order valence-electron chi connectivity index (χ4n) is 1.56. The van der Waals surface area contributed by atoms with E-state index in [4.69, 9.17) is 0 Å². The Balaban J connectivity index is 2.37. The Kier molecular flexibility index (Phi) is 2.78. The molecule has 0 amide bonds. The van der Waals surface area contributed by atoms with E-state index in [1.54, 1.807) is 6.20 Å². The van der Waals surface area contributed by atoms with E-state index in [0.717, 1.165) is 18.1 Å². The predicted octanol–water partition coefficient (Wildman–Crippen LogP) is 1.30. The standard InChI is InChI=1S/C11H14N4/c1-9-14-3-4-15(9)11-5-10(6-12-2)7-13-8-11/h3-5,7-8,12H,6H2,1-2H3. The lowest BCUT2D eigenvalue weighted by Gasteiger charge is -2.06. The highest BCUT2D eigenvalue weighted by atomic mass is 15.1. The van der Waals surface area contributed by atoms with Crippen LogP contribution in [0.15, 0.2) is 30.9 Å². The van der Waals surface area contributed by atoms with Crippen LogP contribution >= 0.6 is 0 Å². The van der Waals surface area contributed by atoms with Gasteiger partial charge in [-0.25, -0.2) is 4.98 Å². The first kappa shape index (κ1) is 9.86. The average Bonchev–Trinajstić information content (AvgIpc) is 2.65. The molecular weight excluding hydrogens is 188 g/mol. The minimum Gasteiger partial charge on any atom is -0.316 e. The number of hydrogen-bond donors (Lipinski definition) is 1. The molecule has 0 aliphatic rings. The fourth-order valence-corrected chi connectivity index (χ4v) is 1.56. The fraction of sp³-hybridized carbons (Fsp3) is 0.273. The number of imidazole rings is 1. The van der Waals surface area contributed by atoms with Gasteiger partial charge in [-0.1, -0.05) is 0 Å². The minimum atomic E-state index is 0.828. The second-order valence-corrected chi connectivity index (χ2v) is 3.43. The lowest BCUT2D eigenvalue weighted by molar-refractivity contribution is 0.810. The Hall–Kier alpha value is -1.68. The molecule has 0 bridgehead atoms. The van der Waals surface area contributed by atoms with Crippen LogP contribution in [0.1, 0.15) is 11.4 Å². The van der Waals surface area contributed by atoms with Crippen molar-refractivity contribution in [3.05, 3.63) is 42.2 Å². The molecule has 2 aromatic heterocycles. The van der Waals surface area contributed by atoms with Gasteiger partial charge >= 0.3 is 0 Å². The maximum atomic E-state index is 4.21. The maximum absolute atomic E-state index is 4.21. The summed E-state index contributed by atoms with van der Waals surface area (Å²) in [6, 6.07) is 2.11. The number of aryl methyl sites for hydroxylation is 1. The number of aromatic nitrogens is 3. The third-order valence-corrected chi connectivity index (χ3v) is 2.27. The van der Waals surface area contributed by atoms with Gasteiger partial charge in [0.1, 0.15) is 5.82 Å². The molecule has 2 rings (SSSR count). The quantitative estimate of drug-likeness (QED) is 0.815. The molecule has 0 saturated heterocycles. The largest absolute Gasteiger partial charge is 0.316 e. The highest BCUT2D eigenvalue weighted by molar-refractivity contribution is 5.33. The van der Waals surface area contributed by atoms with Gasteiger partial charge in [0, 0.05) is 25.1 Å². The molecule has 0 atom stereocenters. The molecule has 0 radical (unpaired) electrons. The molecule has 4 nitrogen and oxygen atoms in total. The molecule has 2 heterocycles. The second kappa shape index (κ2) is 4.23. The second-order valence-electron chi connectivity index (χ2n) is 3.43. The van der Waals surface area contributed by atoms with Crippen molar-refractivity contribution < 1.29 is 0 Å². The first-order chi connectivity index (χ1) is 7.31. The van der Waals surface area contributed by atoms with Crippen molar-refractivity contribution >= 4 is 0 Å². The topological polar surface area (TPSA) is 42.7 Å². The third kappa shape index (κ3) is 2.05.